The molecule has 1 aliphatic carbocycles. The van der Waals surface area contributed by atoms with Gasteiger partial charge < -0.3 is 15.1 Å². The molecule has 1 saturated heterocycles. The number of urea groups is 1. The van der Waals surface area contributed by atoms with E-state index in [2.05, 4.69) is 22.3 Å². The minimum atomic E-state index is 0.0270. The van der Waals surface area contributed by atoms with Crippen LogP contribution in [0.25, 0.3) is 0 Å². The van der Waals surface area contributed by atoms with Gasteiger partial charge in [0.25, 0.3) is 0 Å². The summed E-state index contributed by atoms with van der Waals surface area (Å²) >= 11 is 0. The number of carbonyl (C=O) groups is 1. The Morgan fingerprint density at radius 1 is 1.04 bits per heavy atom. The molecule has 0 atom stereocenters. The Hall–Kier alpha value is -1.71. The van der Waals surface area contributed by atoms with Crippen molar-refractivity contribution in [2.45, 2.75) is 57.4 Å². The third-order valence-electron chi connectivity index (χ3n) is 5.29. The second-order valence-electron chi connectivity index (χ2n) is 6.90. The van der Waals surface area contributed by atoms with Gasteiger partial charge in [0.15, 0.2) is 0 Å². The van der Waals surface area contributed by atoms with Crippen LogP contribution < -0.4 is 10.2 Å². The van der Waals surface area contributed by atoms with E-state index < -0.39 is 0 Å². The molecule has 1 aliphatic heterocycles. The molecule has 2 aliphatic rings. The molecule has 2 amide bonds. The summed E-state index contributed by atoms with van der Waals surface area (Å²) in [5.41, 5.74) is 2.12. The molecule has 2 fully saturated rings. The van der Waals surface area contributed by atoms with Gasteiger partial charge in [-0.3, -0.25) is 0 Å². The highest BCUT2D eigenvalue weighted by Crippen LogP contribution is 2.29. The molecule has 0 bridgehead atoms. The number of benzene rings is 1. The molecule has 23 heavy (non-hydrogen) atoms. The van der Waals surface area contributed by atoms with Gasteiger partial charge in [0.1, 0.15) is 0 Å². The first-order chi connectivity index (χ1) is 11.3. The molecule has 1 saturated carbocycles. The lowest BCUT2D eigenvalue weighted by Gasteiger charge is -2.28. The second-order valence-corrected chi connectivity index (χ2v) is 6.90. The van der Waals surface area contributed by atoms with E-state index in [1.807, 2.05) is 24.1 Å². The fourth-order valence-corrected chi connectivity index (χ4v) is 3.83. The van der Waals surface area contributed by atoms with Gasteiger partial charge in [-0.25, -0.2) is 4.79 Å². The summed E-state index contributed by atoms with van der Waals surface area (Å²) in [6.07, 6.45) is 9.87. The summed E-state index contributed by atoms with van der Waals surface area (Å²) in [7, 11) is 1.93. The number of anilines is 2. The summed E-state index contributed by atoms with van der Waals surface area (Å²) in [6.45, 7) is 2.18. The fraction of sp³-hybridized carbons (Fsp3) is 0.632. The van der Waals surface area contributed by atoms with Gasteiger partial charge in [-0.15, -0.1) is 0 Å². The Bertz CT molecular complexity index is 517. The lowest BCUT2D eigenvalue weighted by atomic mass is 10.2. The van der Waals surface area contributed by atoms with E-state index in [1.54, 1.807) is 0 Å². The molecule has 0 radical (unpaired) electrons. The van der Waals surface area contributed by atoms with E-state index in [0.29, 0.717) is 6.04 Å². The predicted molar refractivity (Wildman–Crippen MR) is 96.2 cm³/mol. The molecular weight excluding hydrogens is 286 g/mol. The Labute approximate surface area is 139 Å². The van der Waals surface area contributed by atoms with Crippen molar-refractivity contribution >= 4 is 17.4 Å². The number of rotatable bonds is 3. The molecule has 126 valence electrons. The van der Waals surface area contributed by atoms with E-state index in [0.717, 1.165) is 31.6 Å². The van der Waals surface area contributed by atoms with Crippen LogP contribution >= 0.6 is 0 Å². The van der Waals surface area contributed by atoms with Crippen LogP contribution in [-0.2, 0) is 0 Å². The first-order valence-corrected chi connectivity index (χ1v) is 9.13. The zero-order chi connectivity index (χ0) is 16.1. The quantitative estimate of drug-likeness (QED) is 0.893. The van der Waals surface area contributed by atoms with Crippen molar-refractivity contribution in [1.29, 1.82) is 0 Å². The Balaban J connectivity index is 1.70. The molecule has 1 aromatic rings. The summed E-state index contributed by atoms with van der Waals surface area (Å²) in [4.78, 5) is 16.9. The molecule has 0 aromatic heterocycles. The van der Waals surface area contributed by atoms with Crippen LogP contribution in [0.1, 0.15) is 51.4 Å². The zero-order valence-electron chi connectivity index (χ0n) is 14.3. The van der Waals surface area contributed by atoms with E-state index in [1.165, 1.54) is 44.2 Å². The van der Waals surface area contributed by atoms with Crippen molar-refractivity contribution in [3.8, 4) is 0 Å². The van der Waals surface area contributed by atoms with Crippen LogP contribution in [0.4, 0.5) is 16.2 Å². The van der Waals surface area contributed by atoms with Gasteiger partial charge >= 0.3 is 6.03 Å². The number of hydrogen-bond acceptors (Lipinski definition) is 2. The van der Waals surface area contributed by atoms with Crippen LogP contribution in [-0.4, -0.2) is 37.1 Å². The maximum Gasteiger partial charge on any atom is 0.321 e. The highest BCUT2D eigenvalue weighted by atomic mass is 16.2. The van der Waals surface area contributed by atoms with Crippen LogP contribution in [0.5, 0.6) is 0 Å². The third kappa shape index (κ3) is 3.98. The van der Waals surface area contributed by atoms with Gasteiger partial charge in [-0.2, -0.15) is 0 Å². The lowest BCUT2D eigenvalue weighted by molar-refractivity contribution is 0.205. The number of hydrogen-bond donors (Lipinski definition) is 1. The van der Waals surface area contributed by atoms with Crippen LogP contribution in [0.3, 0.4) is 0 Å². The standard InChI is InChI=1S/C19H29N3O/c1-21(16-10-4-5-11-16)19(23)20-17-12-6-7-13-18(17)22-14-8-2-3-9-15-22/h6-7,12-13,16H,2-5,8-11,14-15H2,1H3,(H,20,23). The largest absolute Gasteiger partial charge is 0.370 e. The molecule has 4 nitrogen and oxygen atoms in total. The van der Waals surface area contributed by atoms with E-state index >= 15 is 0 Å². The second kappa shape index (κ2) is 7.71. The Morgan fingerprint density at radius 2 is 1.70 bits per heavy atom. The maximum atomic E-state index is 12.6. The van der Waals surface area contributed by atoms with Crippen LogP contribution in [0.15, 0.2) is 24.3 Å². The van der Waals surface area contributed by atoms with Crippen molar-refractivity contribution in [2.24, 2.45) is 0 Å². The molecule has 0 spiro atoms. The van der Waals surface area contributed by atoms with E-state index in [9.17, 15) is 4.79 Å². The third-order valence-corrected chi connectivity index (χ3v) is 5.29. The number of nitrogens with zero attached hydrogens (tertiary/aromatic N) is 2. The van der Waals surface area contributed by atoms with Crippen LogP contribution in [0, 0.1) is 0 Å². The maximum absolute atomic E-state index is 12.6. The van der Waals surface area contributed by atoms with Crippen molar-refractivity contribution in [1.82, 2.24) is 4.90 Å². The SMILES string of the molecule is CN(C(=O)Nc1ccccc1N1CCCCCC1)C1CCCC1. The molecule has 1 N–H and O–H groups in total. The lowest BCUT2D eigenvalue weighted by Crippen LogP contribution is -2.38. The van der Waals surface area contributed by atoms with Gasteiger partial charge in [0.05, 0.1) is 11.4 Å². The van der Waals surface area contributed by atoms with Gasteiger partial charge in [-0.1, -0.05) is 37.8 Å². The van der Waals surface area contributed by atoms with E-state index in [-0.39, 0.29) is 6.03 Å². The molecule has 0 unspecified atom stereocenters. The van der Waals surface area contributed by atoms with Crippen molar-refractivity contribution in [2.75, 3.05) is 30.4 Å². The number of nitrogens with one attached hydrogen (secondary N) is 1. The van der Waals surface area contributed by atoms with Crippen molar-refractivity contribution in [3.63, 3.8) is 0 Å². The average molecular weight is 315 g/mol. The number of carbonyl (C=O) groups excluding carboxylic acids is 1. The van der Waals surface area contributed by atoms with Gasteiger partial charge in [0, 0.05) is 26.2 Å². The minimum absolute atomic E-state index is 0.0270. The smallest absolute Gasteiger partial charge is 0.321 e. The fourth-order valence-electron chi connectivity index (χ4n) is 3.83. The summed E-state index contributed by atoms with van der Waals surface area (Å²) in [6, 6.07) is 8.67. The van der Waals surface area contributed by atoms with E-state index in [4.69, 9.17) is 0 Å². The zero-order valence-corrected chi connectivity index (χ0v) is 14.3. The highest BCUT2D eigenvalue weighted by molar-refractivity contribution is 5.93. The first-order valence-electron chi connectivity index (χ1n) is 9.13. The van der Waals surface area contributed by atoms with Crippen LogP contribution in [0.2, 0.25) is 0 Å². The molecule has 1 heterocycles. The summed E-state index contributed by atoms with van der Waals surface area (Å²) in [5.74, 6) is 0. The Morgan fingerprint density at radius 3 is 2.39 bits per heavy atom. The average Bonchev–Trinajstić information content (AvgIpc) is 2.97. The molecule has 3 rings (SSSR count). The van der Waals surface area contributed by atoms with Gasteiger partial charge in [-0.05, 0) is 37.8 Å². The number of amides is 2. The Kier molecular flexibility index (Phi) is 5.42. The monoisotopic (exact) mass is 315 g/mol. The highest BCUT2D eigenvalue weighted by Gasteiger charge is 2.24. The van der Waals surface area contributed by atoms with Gasteiger partial charge in [0.2, 0.25) is 0 Å². The molecule has 1 aromatic carbocycles. The normalized spacial score (nSPS) is 19.4. The minimum Gasteiger partial charge on any atom is -0.370 e. The predicted octanol–water partition coefficient (Wildman–Crippen LogP) is 4.47. The number of para-hydroxylation sites is 2. The topological polar surface area (TPSA) is 35.6 Å². The molecular formula is C19H29N3O. The summed E-state index contributed by atoms with van der Waals surface area (Å²) < 4.78 is 0. The van der Waals surface area contributed by atoms with Crippen molar-refractivity contribution < 1.29 is 4.79 Å². The van der Waals surface area contributed by atoms with Crippen molar-refractivity contribution in [3.05, 3.63) is 24.3 Å². The first kappa shape index (κ1) is 16.2. The summed E-state index contributed by atoms with van der Waals surface area (Å²) in [5, 5.41) is 3.15. The molecule has 4 heteroatoms.